The number of rotatable bonds is 6. The van der Waals surface area contributed by atoms with E-state index in [0.29, 0.717) is 19.6 Å². The number of pyridine rings is 1. The van der Waals surface area contributed by atoms with E-state index in [-0.39, 0.29) is 12.0 Å². The highest BCUT2D eigenvalue weighted by atomic mass is 16.5. The molecule has 2 N–H and O–H groups in total. The third kappa shape index (κ3) is 4.24. The van der Waals surface area contributed by atoms with Gasteiger partial charge in [-0.25, -0.2) is 4.98 Å². The van der Waals surface area contributed by atoms with Gasteiger partial charge in [0.15, 0.2) is 0 Å². The lowest BCUT2D eigenvalue weighted by Crippen LogP contribution is -2.38. The van der Waals surface area contributed by atoms with Crippen LogP contribution in [-0.2, 0) is 11.3 Å². The predicted octanol–water partition coefficient (Wildman–Crippen LogP) is 3.19. The molecule has 0 spiro atoms. The van der Waals surface area contributed by atoms with Gasteiger partial charge in [0.2, 0.25) is 0 Å². The van der Waals surface area contributed by atoms with E-state index in [1.54, 1.807) is 6.20 Å². The lowest BCUT2D eigenvalue weighted by atomic mass is 9.87. The summed E-state index contributed by atoms with van der Waals surface area (Å²) >= 11 is 0. The van der Waals surface area contributed by atoms with E-state index in [1.165, 1.54) is 5.56 Å². The van der Waals surface area contributed by atoms with Crippen molar-refractivity contribution in [1.29, 1.82) is 0 Å². The van der Waals surface area contributed by atoms with Crippen LogP contribution in [-0.4, -0.2) is 39.0 Å². The summed E-state index contributed by atoms with van der Waals surface area (Å²) in [5.41, 5.74) is 3.28. The molecule has 0 unspecified atom stereocenters. The summed E-state index contributed by atoms with van der Waals surface area (Å²) in [6.07, 6.45) is 7.70. The van der Waals surface area contributed by atoms with Crippen molar-refractivity contribution in [3.05, 3.63) is 78.1 Å². The third-order valence-electron chi connectivity index (χ3n) is 5.39. The van der Waals surface area contributed by atoms with Crippen molar-refractivity contribution in [3.63, 3.8) is 0 Å². The fourth-order valence-corrected chi connectivity index (χ4v) is 3.72. The Balaban J connectivity index is 1.52. The van der Waals surface area contributed by atoms with Crippen LogP contribution < -0.4 is 5.32 Å². The molecule has 0 saturated carbocycles. The first-order valence-corrected chi connectivity index (χ1v) is 9.69. The van der Waals surface area contributed by atoms with Crippen LogP contribution in [0.2, 0.25) is 0 Å². The Bertz CT molecular complexity index is 879. The average Bonchev–Trinajstić information content (AvgIpc) is 3.13. The molecule has 1 aromatic carbocycles. The zero-order valence-electron chi connectivity index (χ0n) is 16.0. The Kier molecular flexibility index (Phi) is 5.69. The van der Waals surface area contributed by atoms with Crippen molar-refractivity contribution in [3.8, 4) is 0 Å². The highest BCUT2D eigenvalue weighted by molar-refractivity contribution is 5.47. The van der Waals surface area contributed by atoms with E-state index in [0.717, 1.165) is 23.6 Å². The zero-order valence-corrected chi connectivity index (χ0v) is 16.0. The van der Waals surface area contributed by atoms with Crippen molar-refractivity contribution >= 4 is 5.69 Å². The quantitative estimate of drug-likeness (QED) is 0.689. The molecule has 3 atom stereocenters. The van der Waals surface area contributed by atoms with Gasteiger partial charge in [0.05, 0.1) is 18.8 Å². The number of hydrogen-bond donors (Lipinski definition) is 2. The van der Waals surface area contributed by atoms with Crippen molar-refractivity contribution < 1.29 is 9.84 Å². The van der Waals surface area contributed by atoms with Crippen LogP contribution in [0.25, 0.3) is 0 Å². The Morgan fingerprint density at radius 3 is 2.79 bits per heavy atom. The molecule has 146 valence electrons. The number of imidazole rings is 1. The van der Waals surface area contributed by atoms with Gasteiger partial charge in [-0.05, 0) is 42.7 Å². The van der Waals surface area contributed by atoms with E-state index in [4.69, 9.17) is 4.74 Å². The topological polar surface area (TPSA) is 72.2 Å². The molecule has 0 aliphatic carbocycles. The molecular weight excluding hydrogens is 352 g/mol. The van der Waals surface area contributed by atoms with Crippen molar-refractivity contribution in [2.75, 3.05) is 18.5 Å². The number of hydrogen-bond acceptors (Lipinski definition) is 5. The number of aryl methyl sites for hydroxylation is 1. The molecule has 28 heavy (non-hydrogen) atoms. The minimum absolute atomic E-state index is 0.0220. The molecule has 1 aliphatic rings. The van der Waals surface area contributed by atoms with E-state index in [9.17, 15) is 5.11 Å². The van der Waals surface area contributed by atoms with Gasteiger partial charge in [0, 0.05) is 49.5 Å². The first-order valence-electron chi connectivity index (χ1n) is 9.69. The molecule has 3 aromatic rings. The number of nitrogens with one attached hydrogen (secondary N) is 1. The lowest BCUT2D eigenvalue weighted by molar-refractivity contribution is -0.0424. The summed E-state index contributed by atoms with van der Waals surface area (Å²) in [7, 11) is 0. The van der Waals surface area contributed by atoms with Crippen LogP contribution in [0.4, 0.5) is 5.69 Å². The molecule has 6 nitrogen and oxygen atoms in total. The second kappa shape index (κ2) is 8.54. The predicted molar refractivity (Wildman–Crippen MR) is 108 cm³/mol. The Morgan fingerprint density at radius 1 is 1.25 bits per heavy atom. The number of benzene rings is 1. The summed E-state index contributed by atoms with van der Waals surface area (Å²) in [5, 5.41) is 14.1. The molecule has 6 heteroatoms. The summed E-state index contributed by atoms with van der Waals surface area (Å²) in [6.45, 7) is 3.95. The molecule has 2 aromatic heterocycles. The molecule has 0 bridgehead atoms. The van der Waals surface area contributed by atoms with E-state index in [1.807, 2.05) is 37.6 Å². The highest BCUT2D eigenvalue weighted by Gasteiger charge is 2.32. The molecular formula is C22H26N4O2. The van der Waals surface area contributed by atoms with Crippen LogP contribution in [0.5, 0.6) is 0 Å². The molecule has 4 rings (SSSR count). The van der Waals surface area contributed by atoms with Crippen molar-refractivity contribution in [2.24, 2.45) is 5.92 Å². The van der Waals surface area contributed by atoms with Crippen LogP contribution in [0, 0.1) is 12.8 Å². The first-order chi connectivity index (χ1) is 13.7. The monoisotopic (exact) mass is 378 g/mol. The van der Waals surface area contributed by atoms with Gasteiger partial charge in [-0.15, -0.1) is 0 Å². The normalized spacial score (nSPS) is 20.6. The molecule has 0 amide bonds. The number of anilines is 1. The van der Waals surface area contributed by atoms with E-state index in [2.05, 4.69) is 44.1 Å². The van der Waals surface area contributed by atoms with Crippen LogP contribution in [0.1, 0.15) is 29.4 Å². The molecule has 1 saturated heterocycles. The number of aliphatic hydroxyl groups excluding tert-OH is 1. The number of nitrogens with zero attached hydrogens (tertiary/aromatic N) is 3. The summed E-state index contributed by atoms with van der Waals surface area (Å²) in [6, 6.07) is 12.3. The van der Waals surface area contributed by atoms with Gasteiger partial charge >= 0.3 is 0 Å². The Morgan fingerprint density at radius 2 is 2.11 bits per heavy atom. The molecule has 1 fully saturated rings. The number of aromatic nitrogens is 3. The van der Waals surface area contributed by atoms with Gasteiger partial charge in [0.1, 0.15) is 5.82 Å². The maximum absolute atomic E-state index is 10.5. The average molecular weight is 378 g/mol. The van der Waals surface area contributed by atoms with Crippen LogP contribution in [0.3, 0.4) is 0 Å². The number of ether oxygens (including phenoxy) is 1. The second-order valence-electron chi connectivity index (χ2n) is 7.30. The van der Waals surface area contributed by atoms with Gasteiger partial charge in [-0.3, -0.25) is 4.98 Å². The van der Waals surface area contributed by atoms with Crippen molar-refractivity contribution in [1.82, 2.24) is 14.5 Å². The fourth-order valence-electron chi connectivity index (χ4n) is 3.72. The van der Waals surface area contributed by atoms with Gasteiger partial charge in [-0.2, -0.15) is 0 Å². The van der Waals surface area contributed by atoms with E-state index >= 15 is 0 Å². The number of aliphatic hydroxyl groups is 1. The maximum Gasteiger partial charge on any atom is 0.105 e. The first kappa shape index (κ1) is 18.7. The van der Waals surface area contributed by atoms with Gasteiger partial charge in [0.25, 0.3) is 0 Å². The van der Waals surface area contributed by atoms with E-state index < -0.39 is 6.10 Å². The molecule has 3 heterocycles. The Labute approximate surface area is 165 Å². The minimum Gasteiger partial charge on any atom is -0.393 e. The van der Waals surface area contributed by atoms with Gasteiger partial charge < -0.3 is 19.7 Å². The minimum atomic E-state index is -0.394. The molecule has 0 radical (unpaired) electrons. The third-order valence-corrected chi connectivity index (χ3v) is 5.39. The van der Waals surface area contributed by atoms with Crippen molar-refractivity contribution in [2.45, 2.75) is 32.0 Å². The zero-order chi connectivity index (χ0) is 19.3. The SMILES string of the molecule is Cc1nccn1Cc1ccc(N[C@H](c2cccnc2)[C@@H]2COCC[C@@H]2O)cc1. The lowest BCUT2D eigenvalue weighted by Gasteiger charge is -2.35. The summed E-state index contributed by atoms with van der Waals surface area (Å²) in [5.74, 6) is 0.983. The maximum atomic E-state index is 10.5. The standard InChI is InChI=1S/C22H26N4O2/c1-16-24-10-11-26(16)14-17-4-6-19(7-5-17)25-22(18-3-2-9-23-13-18)20-15-28-12-8-21(20)27/h2-7,9-11,13,20-22,25,27H,8,12,14-15H2,1H3/t20-,21+,22-/m1/s1. The van der Waals surface area contributed by atoms with Crippen LogP contribution in [0.15, 0.2) is 61.2 Å². The van der Waals surface area contributed by atoms with Crippen LogP contribution >= 0.6 is 0 Å². The summed E-state index contributed by atoms with van der Waals surface area (Å²) < 4.78 is 7.77. The Hall–Kier alpha value is -2.70. The van der Waals surface area contributed by atoms with Gasteiger partial charge in [-0.1, -0.05) is 18.2 Å². The summed E-state index contributed by atoms with van der Waals surface area (Å²) in [4.78, 5) is 8.53. The largest absolute Gasteiger partial charge is 0.393 e. The smallest absolute Gasteiger partial charge is 0.105 e. The fraction of sp³-hybridized carbons (Fsp3) is 0.364. The molecule has 1 aliphatic heterocycles. The highest BCUT2D eigenvalue weighted by Crippen LogP contribution is 2.32. The second-order valence-corrected chi connectivity index (χ2v) is 7.30.